The van der Waals surface area contributed by atoms with Crippen molar-refractivity contribution in [3.63, 3.8) is 0 Å². The maximum Gasteiger partial charge on any atom is 0.295 e. The van der Waals surface area contributed by atoms with Gasteiger partial charge in [0.05, 0.1) is 11.4 Å². The minimum atomic E-state index is -0.269. The van der Waals surface area contributed by atoms with Crippen LogP contribution in [0.2, 0.25) is 0 Å². The monoisotopic (exact) mass is 305 g/mol. The molecule has 0 unspecified atom stereocenters. The number of amides is 1. The van der Waals surface area contributed by atoms with Gasteiger partial charge in [0, 0.05) is 11.8 Å². The first-order chi connectivity index (χ1) is 10.1. The molecule has 2 aromatic rings. The Morgan fingerprint density at radius 2 is 1.90 bits per heavy atom. The van der Waals surface area contributed by atoms with Crippen molar-refractivity contribution in [3.05, 3.63) is 27.9 Å². The second kappa shape index (κ2) is 5.97. The average molecular weight is 305 g/mol. The van der Waals surface area contributed by atoms with Crippen LogP contribution < -0.4 is 5.32 Å². The van der Waals surface area contributed by atoms with Crippen LogP contribution in [0, 0.1) is 13.8 Å². The van der Waals surface area contributed by atoms with Crippen LogP contribution in [-0.4, -0.2) is 15.9 Å². The zero-order valence-electron chi connectivity index (χ0n) is 12.4. The molecule has 112 valence electrons. The molecule has 5 nitrogen and oxygen atoms in total. The predicted molar refractivity (Wildman–Crippen MR) is 81.9 cm³/mol. The van der Waals surface area contributed by atoms with E-state index in [9.17, 15) is 4.79 Å². The molecule has 0 fully saturated rings. The number of carbonyl (C=O) groups excluding carboxylic acids is 1. The van der Waals surface area contributed by atoms with Crippen molar-refractivity contribution in [2.24, 2.45) is 0 Å². The molecule has 0 saturated heterocycles. The first-order valence-electron chi connectivity index (χ1n) is 7.37. The average Bonchev–Trinajstić information content (AvgIpc) is 2.93. The summed E-state index contributed by atoms with van der Waals surface area (Å²) in [4.78, 5) is 22.2. The lowest BCUT2D eigenvalue weighted by atomic mass is 10.0. The number of fused-ring (bicyclic) bond motifs is 1. The summed E-state index contributed by atoms with van der Waals surface area (Å²) in [5.41, 5.74) is 1.76. The Morgan fingerprint density at radius 3 is 2.62 bits per heavy atom. The number of anilines is 1. The lowest BCUT2D eigenvalue weighted by Gasteiger charge is -2.06. The summed E-state index contributed by atoms with van der Waals surface area (Å²) in [7, 11) is 0. The molecule has 1 amide bonds. The van der Waals surface area contributed by atoms with Crippen LogP contribution in [0.1, 0.15) is 58.4 Å². The summed E-state index contributed by atoms with van der Waals surface area (Å²) < 4.78 is 5.34. The van der Waals surface area contributed by atoms with Crippen molar-refractivity contribution in [3.8, 4) is 0 Å². The third-order valence-corrected chi connectivity index (χ3v) is 4.75. The predicted octanol–water partition coefficient (Wildman–Crippen LogP) is 3.66. The fourth-order valence-electron chi connectivity index (χ4n) is 2.65. The molecular formula is C15H19N3O2S. The van der Waals surface area contributed by atoms with E-state index in [1.165, 1.54) is 30.6 Å². The number of nitrogens with zero attached hydrogens (tertiary/aromatic N) is 2. The van der Waals surface area contributed by atoms with E-state index in [1.807, 2.05) is 0 Å². The van der Waals surface area contributed by atoms with Gasteiger partial charge in [-0.15, -0.1) is 11.3 Å². The van der Waals surface area contributed by atoms with Crippen molar-refractivity contribution in [2.45, 2.75) is 52.4 Å². The van der Waals surface area contributed by atoms with Gasteiger partial charge in [-0.3, -0.25) is 10.1 Å². The van der Waals surface area contributed by atoms with Gasteiger partial charge in [-0.05, 0) is 32.6 Å². The minimum absolute atomic E-state index is 0.269. The topological polar surface area (TPSA) is 68.0 Å². The van der Waals surface area contributed by atoms with Crippen molar-refractivity contribution in [2.75, 3.05) is 5.32 Å². The molecule has 0 aliphatic heterocycles. The SMILES string of the molecule is Cc1nc(C)c(C(=O)Nc2nc3c(s2)CCCCCC3)o1. The zero-order valence-corrected chi connectivity index (χ0v) is 13.2. The smallest absolute Gasteiger partial charge is 0.295 e. The Balaban J connectivity index is 1.77. The van der Waals surface area contributed by atoms with Gasteiger partial charge in [0.2, 0.25) is 5.76 Å². The van der Waals surface area contributed by atoms with E-state index in [2.05, 4.69) is 15.3 Å². The Morgan fingerprint density at radius 1 is 1.14 bits per heavy atom. The molecule has 0 saturated carbocycles. The number of carbonyl (C=O) groups is 1. The molecule has 2 aromatic heterocycles. The highest BCUT2D eigenvalue weighted by molar-refractivity contribution is 7.15. The normalized spacial score (nSPS) is 15.1. The second-order valence-corrected chi connectivity index (χ2v) is 6.49. The fraction of sp³-hybridized carbons (Fsp3) is 0.533. The van der Waals surface area contributed by atoms with Crippen LogP contribution in [0.3, 0.4) is 0 Å². The molecule has 0 spiro atoms. The molecular weight excluding hydrogens is 286 g/mol. The van der Waals surface area contributed by atoms with Gasteiger partial charge in [0.1, 0.15) is 0 Å². The summed E-state index contributed by atoms with van der Waals surface area (Å²) in [6, 6.07) is 0. The van der Waals surface area contributed by atoms with Crippen LogP contribution >= 0.6 is 11.3 Å². The summed E-state index contributed by atoms with van der Waals surface area (Å²) >= 11 is 1.59. The number of hydrogen-bond acceptors (Lipinski definition) is 5. The van der Waals surface area contributed by atoms with Crippen LogP contribution in [0.4, 0.5) is 5.13 Å². The minimum Gasteiger partial charge on any atom is -0.436 e. The van der Waals surface area contributed by atoms with E-state index in [4.69, 9.17) is 4.42 Å². The summed E-state index contributed by atoms with van der Waals surface area (Å²) in [5, 5.41) is 3.51. The Kier molecular flexibility index (Phi) is 4.05. The van der Waals surface area contributed by atoms with E-state index in [0.29, 0.717) is 16.7 Å². The summed E-state index contributed by atoms with van der Waals surface area (Å²) in [6.45, 7) is 3.51. The lowest BCUT2D eigenvalue weighted by Crippen LogP contribution is -2.12. The molecule has 1 aliphatic rings. The second-order valence-electron chi connectivity index (χ2n) is 5.40. The van der Waals surface area contributed by atoms with Crippen molar-refractivity contribution >= 4 is 22.4 Å². The first-order valence-corrected chi connectivity index (χ1v) is 8.19. The number of nitrogens with one attached hydrogen (secondary N) is 1. The number of aryl methyl sites for hydroxylation is 4. The molecule has 1 N–H and O–H groups in total. The van der Waals surface area contributed by atoms with Gasteiger partial charge >= 0.3 is 0 Å². The fourth-order valence-corrected chi connectivity index (χ4v) is 3.70. The third kappa shape index (κ3) is 3.15. The van der Waals surface area contributed by atoms with Crippen LogP contribution in [-0.2, 0) is 12.8 Å². The van der Waals surface area contributed by atoms with E-state index in [-0.39, 0.29) is 11.7 Å². The molecule has 3 rings (SSSR count). The largest absolute Gasteiger partial charge is 0.436 e. The van der Waals surface area contributed by atoms with E-state index in [1.54, 1.807) is 25.2 Å². The summed E-state index contributed by atoms with van der Waals surface area (Å²) in [6.07, 6.45) is 7.05. The van der Waals surface area contributed by atoms with Crippen molar-refractivity contribution in [1.82, 2.24) is 9.97 Å². The molecule has 6 heteroatoms. The molecule has 0 atom stereocenters. The quantitative estimate of drug-likeness (QED) is 0.919. The number of oxazole rings is 1. The number of hydrogen-bond donors (Lipinski definition) is 1. The van der Waals surface area contributed by atoms with Gasteiger partial charge < -0.3 is 4.42 Å². The number of thiazole rings is 1. The van der Waals surface area contributed by atoms with E-state index >= 15 is 0 Å². The molecule has 0 bridgehead atoms. The Hall–Kier alpha value is -1.69. The highest BCUT2D eigenvalue weighted by Crippen LogP contribution is 2.28. The highest BCUT2D eigenvalue weighted by Gasteiger charge is 2.19. The Labute approximate surface area is 127 Å². The van der Waals surface area contributed by atoms with Crippen LogP contribution in [0.25, 0.3) is 0 Å². The van der Waals surface area contributed by atoms with Gasteiger partial charge in [0.15, 0.2) is 11.0 Å². The summed E-state index contributed by atoms with van der Waals surface area (Å²) in [5.74, 6) is 0.508. The third-order valence-electron chi connectivity index (χ3n) is 3.68. The van der Waals surface area contributed by atoms with E-state index in [0.717, 1.165) is 18.5 Å². The molecule has 1 aliphatic carbocycles. The Bertz CT molecular complexity index is 634. The molecule has 0 aromatic carbocycles. The van der Waals surface area contributed by atoms with Gasteiger partial charge in [-0.2, -0.15) is 0 Å². The van der Waals surface area contributed by atoms with Gasteiger partial charge in [-0.25, -0.2) is 9.97 Å². The highest BCUT2D eigenvalue weighted by atomic mass is 32.1. The van der Waals surface area contributed by atoms with Crippen molar-refractivity contribution < 1.29 is 9.21 Å². The van der Waals surface area contributed by atoms with Gasteiger partial charge in [-0.1, -0.05) is 12.8 Å². The molecule has 2 heterocycles. The van der Waals surface area contributed by atoms with Gasteiger partial charge in [0.25, 0.3) is 5.91 Å². The molecule has 0 radical (unpaired) electrons. The standard InChI is InChI=1S/C15H19N3O2S/c1-9-13(20-10(2)16-9)14(19)18-15-17-11-7-5-3-4-6-8-12(11)21-15/h3-8H2,1-2H3,(H,17,18,19). The van der Waals surface area contributed by atoms with E-state index < -0.39 is 0 Å². The maximum atomic E-state index is 12.2. The number of rotatable bonds is 2. The zero-order chi connectivity index (χ0) is 14.8. The lowest BCUT2D eigenvalue weighted by molar-refractivity contribution is 0.0994. The maximum absolute atomic E-state index is 12.2. The number of aromatic nitrogens is 2. The molecule has 21 heavy (non-hydrogen) atoms. The van der Waals surface area contributed by atoms with Crippen molar-refractivity contribution in [1.29, 1.82) is 0 Å². The van der Waals surface area contributed by atoms with Crippen LogP contribution in [0.15, 0.2) is 4.42 Å². The van der Waals surface area contributed by atoms with Crippen LogP contribution in [0.5, 0.6) is 0 Å². The first kappa shape index (κ1) is 14.3.